The number of carbonyl (C=O) groups excluding carboxylic acids is 2. The molecule has 0 aliphatic carbocycles. The average Bonchev–Trinajstić information content (AvgIpc) is 3.08. The van der Waals surface area contributed by atoms with Gasteiger partial charge in [0.25, 0.3) is 5.91 Å². The van der Waals surface area contributed by atoms with Crippen molar-refractivity contribution in [2.45, 2.75) is 39.0 Å². The molecule has 0 saturated carbocycles. The van der Waals surface area contributed by atoms with Gasteiger partial charge in [0.05, 0.1) is 29.8 Å². The van der Waals surface area contributed by atoms with Gasteiger partial charge in [-0.25, -0.2) is 8.42 Å². The quantitative estimate of drug-likeness (QED) is 0.677. The van der Waals surface area contributed by atoms with E-state index in [4.69, 9.17) is 9.15 Å². The third kappa shape index (κ3) is 5.55. The summed E-state index contributed by atoms with van der Waals surface area (Å²) in [5.74, 6) is -1.10. The molecule has 2 N–H and O–H groups in total. The van der Waals surface area contributed by atoms with Crippen LogP contribution in [0.3, 0.4) is 0 Å². The van der Waals surface area contributed by atoms with Crippen molar-refractivity contribution in [2.75, 3.05) is 25.4 Å². The standard InChI is InChI=1S/C16H25N3O6S/c1-11-8-19(9-12(2)25-11)26(22,23)7-5-17-15(20)13(3)18-16(21)14-4-6-24-10-14/h4,6,10-13H,5,7-9H2,1-3H3,(H,17,20)(H,18,21)/t11-,12-,13-/m1/s1. The summed E-state index contributed by atoms with van der Waals surface area (Å²) >= 11 is 0. The van der Waals surface area contributed by atoms with Crippen molar-refractivity contribution in [3.63, 3.8) is 0 Å². The largest absolute Gasteiger partial charge is 0.472 e. The summed E-state index contributed by atoms with van der Waals surface area (Å²) in [6.07, 6.45) is 2.30. The van der Waals surface area contributed by atoms with Crippen LogP contribution in [-0.4, -0.2) is 68.2 Å². The van der Waals surface area contributed by atoms with E-state index in [0.717, 1.165) is 0 Å². The molecule has 2 rings (SSSR count). The number of ether oxygens (including phenoxy) is 1. The van der Waals surface area contributed by atoms with Gasteiger partial charge in [-0.05, 0) is 26.8 Å². The second-order valence-corrected chi connectivity index (χ2v) is 8.48. The molecule has 0 spiro atoms. The first-order valence-corrected chi connectivity index (χ1v) is 10.0. The fraction of sp³-hybridized carbons (Fsp3) is 0.625. The normalized spacial score (nSPS) is 22.6. The van der Waals surface area contributed by atoms with E-state index in [1.807, 2.05) is 13.8 Å². The summed E-state index contributed by atoms with van der Waals surface area (Å²) < 4.78 is 36.5. The Labute approximate surface area is 153 Å². The number of nitrogens with one attached hydrogen (secondary N) is 2. The maximum Gasteiger partial charge on any atom is 0.255 e. The van der Waals surface area contributed by atoms with Gasteiger partial charge >= 0.3 is 0 Å². The summed E-state index contributed by atoms with van der Waals surface area (Å²) in [6.45, 7) is 5.74. The smallest absolute Gasteiger partial charge is 0.255 e. The highest BCUT2D eigenvalue weighted by atomic mass is 32.2. The number of nitrogens with zero attached hydrogens (tertiary/aromatic N) is 1. The van der Waals surface area contributed by atoms with Gasteiger partial charge in [0, 0.05) is 19.6 Å². The van der Waals surface area contributed by atoms with Crippen molar-refractivity contribution >= 4 is 21.8 Å². The maximum absolute atomic E-state index is 12.4. The summed E-state index contributed by atoms with van der Waals surface area (Å²) in [5, 5.41) is 5.05. The number of hydrogen-bond donors (Lipinski definition) is 2. The maximum atomic E-state index is 12.4. The highest BCUT2D eigenvalue weighted by molar-refractivity contribution is 7.89. The van der Waals surface area contributed by atoms with E-state index in [-0.39, 0.29) is 24.5 Å². The molecule has 1 fully saturated rings. The molecular formula is C16H25N3O6S. The fourth-order valence-corrected chi connectivity index (χ4v) is 4.17. The lowest BCUT2D eigenvalue weighted by Gasteiger charge is -2.34. The Balaban J connectivity index is 1.78. The van der Waals surface area contributed by atoms with Gasteiger partial charge in [0.2, 0.25) is 15.9 Å². The second kappa shape index (κ2) is 8.65. The van der Waals surface area contributed by atoms with Crippen molar-refractivity contribution < 1.29 is 27.2 Å². The molecule has 1 aliphatic rings. The molecule has 1 aliphatic heterocycles. The van der Waals surface area contributed by atoms with E-state index in [1.54, 1.807) is 0 Å². The van der Waals surface area contributed by atoms with E-state index in [2.05, 4.69) is 10.6 Å². The summed E-state index contributed by atoms with van der Waals surface area (Å²) in [5.41, 5.74) is 0.308. The molecule has 2 amide bonds. The molecule has 1 aromatic rings. The van der Waals surface area contributed by atoms with Gasteiger partial charge in [-0.15, -0.1) is 0 Å². The van der Waals surface area contributed by atoms with Crippen molar-refractivity contribution in [1.29, 1.82) is 0 Å². The Bertz CT molecular complexity index is 708. The topological polar surface area (TPSA) is 118 Å². The number of carbonyl (C=O) groups is 2. The lowest BCUT2D eigenvalue weighted by Crippen LogP contribution is -2.50. The zero-order valence-electron chi connectivity index (χ0n) is 15.1. The average molecular weight is 387 g/mol. The van der Waals surface area contributed by atoms with Gasteiger partial charge in [0.1, 0.15) is 12.3 Å². The minimum Gasteiger partial charge on any atom is -0.472 e. The summed E-state index contributed by atoms with van der Waals surface area (Å²) in [6, 6.07) is 0.681. The molecule has 0 unspecified atom stereocenters. The number of rotatable bonds is 7. The summed E-state index contributed by atoms with van der Waals surface area (Å²) in [7, 11) is -3.49. The van der Waals surface area contributed by atoms with E-state index in [9.17, 15) is 18.0 Å². The van der Waals surface area contributed by atoms with E-state index < -0.39 is 27.9 Å². The monoisotopic (exact) mass is 387 g/mol. The molecule has 1 saturated heterocycles. The Morgan fingerprint density at radius 2 is 1.96 bits per heavy atom. The minimum atomic E-state index is -3.49. The lowest BCUT2D eigenvalue weighted by atomic mass is 10.2. The van der Waals surface area contributed by atoms with Crippen LogP contribution in [0.4, 0.5) is 0 Å². The SMILES string of the molecule is C[C@@H]1CN(S(=O)(=O)CCNC(=O)[C@@H](C)NC(=O)c2ccoc2)C[C@@H](C)O1. The molecule has 0 bridgehead atoms. The van der Waals surface area contributed by atoms with Crippen LogP contribution in [0, 0.1) is 0 Å². The van der Waals surface area contributed by atoms with Gasteiger partial charge in [-0.1, -0.05) is 0 Å². The van der Waals surface area contributed by atoms with Crippen LogP contribution in [0.25, 0.3) is 0 Å². The second-order valence-electron chi connectivity index (χ2n) is 6.39. The molecule has 2 heterocycles. The Hall–Kier alpha value is -1.91. The minimum absolute atomic E-state index is 0.0345. The lowest BCUT2D eigenvalue weighted by molar-refractivity contribution is -0.122. The Morgan fingerprint density at radius 1 is 1.31 bits per heavy atom. The van der Waals surface area contributed by atoms with Crippen molar-refractivity contribution in [2.24, 2.45) is 0 Å². The highest BCUT2D eigenvalue weighted by Crippen LogP contribution is 2.14. The molecule has 10 heteroatoms. The molecule has 0 aromatic carbocycles. The van der Waals surface area contributed by atoms with E-state index in [1.165, 1.54) is 29.8 Å². The first-order valence-electron chi connectivity index (χ1n) is 8.43. The van der Waals surface area contributed by atoms with Crippen LogP contribution < -0.4 is 10.6 Å². The van der Waals surface area contributed by atoms with Crippen molar-refractivity contribution in [1.82, 2.24) is 14.9 Å². The molecule has 146 valence electrons. The third-order valence-corrected chi connectivity index (χ3v) is 5.77. The molecule has 9 nitrogen and oxygen atoms in total. The van der Waals surface area contributed by atoms with Crippen molar-refractivity contribution in [3.05, 3.63) is 24.2 Å². The van der Waals surface area contributed by atoms with Gasteiger partial charge in [0.15, 0.2) is 0 Å². The number of sulfonamides is 1. The predicted octanol–water partition coefficient (Wildman–Crippen LogP) is -0.0469. The number of amides is 2. The fourth-order valence-electron chi connectivity index (χ4n) is 2.68. The van der Waals surface area contributed by atoms with Gasteiger partial charge in [-0.2, -0.15) is 4.31 Å². The van der Waals surface area contributed by atoms with E-state index in [0.29, 0.717) is 18.7 Å². The van der Waals surface area contributed by atoms with Crippen LogP contribution in [0.1, 0.15) is 31.1 Å². The van der Waals surface area contributed by atoms with Crippen LogP contribution in [-0.2, 0) is 19.6 Å². The Kier molecular flexibility index (Phi) is 6.79. The third-order valence-electron chi connectivity index (χ3n) is 3.96. The zero-order valence-corrected chi connectivity index (χ0v) is 15.9. The van der Waals surface area contributed by atoms with E-state index >= 15 is 0 Å². The molecule has 0 radical (unpaired) electrons. The molecule has 26 heavy (non-hydrogen) atoms. The first kappa shape index (κ1) is 20.4. The summed E-state index contributed by atoms with van der Waals surface area (Å²) in [4.78, 5) is 23.9. The molecule has 3 atom stereocenters. The van der Waals surface area contributed by atoms with Crippen LogP contribution in [0.2, 0.25) is 0 Å². The number of furan rings is 1. The van der Waals surface area contributed by atoms with Crippen LogP contribution in [0.15, 0.2) is 23.0 Å². The van der Waals surface area contributed by atoms with Gasteiger partial charge < -0.3 is 19.8 Å². The number of hydrogen-bond acceptors (Lipinski definition) is 6. The molecular weight excluding hydrogens is 362 g/mol. The Morgan fingerprint density at radius 3 is 2.54 bits per heavy atom. The van der Waals surface area contributed by atoms with Crippen LogP contribution >= 0.6 is 0 Å². The highest BCUT2D eigenvalue weighted by Gasteiger charge is 2.30. The zero-order chi connectivity index (χ0) is 19.3. The van der Waals surface area contributed by atoms with Crippen LogP contribution in [0.5, 0.6) is 0 Å². The number of morpholine rings is 1. The van der Waals surface area contributed by atoms with Gasteiger partial charge in [-0.3, -0.25) is 9.59 Å². The first-order chi connectivity index (χ1) is 12.2. The van der Waals surface area contributed by atoms with Crippen molar-refractivity contribution in [3.8, 4) is 0 Å². The molecule has 1 aromatic heterocycles. The predicted molar refractivity (Wildman–Crippen MR) is 94.0 cm³/mol.